The van der Waals surface area contributed by atoms with Crippen LogP contribution in [-0.4, -0.2) is 10.1 Å². The zero-order valence-corrected chi connectivity index (χ0v) is 10.4. The molecule has 19 heavy (non-hydrogen) atoms. The van der Waals surface area contributed by atoms with E-state index in [0.29, 0.717) is 5.56 Å². The molecule has 0 radical (unpaired) electrons. The Kier molecular flexibility index (Phi) is 2.67. The van der Waals surface area contributed by atoms with Crippen molar-refractivity contribution >= 4 is 10.9 Å². The van der Waals surface area contributed by atoms with Crippen molar-refractivity contribution < 1.29 is 9.50 Å². The van der Waals surface area contributed by atoms with Gasteiger partial charge >= 0.3 is 0 Å². The van der Waals surface area contributed by atoms with Gasteiger partial charge in [0.15, 0.2) is 0 Å². The Morgan fingerprint density at radius 3 is 2.58 bits per heavy atom. The number of nitrogens with zero attached hydrogens (tertiary/aromatic N) is 1. The number of hydrogen-bond donors (Lipinski definition) is 1. The van der Waals surface area contributed by atoms with E-state index in [1.165, 1.54) is 6.07 Å². The number of phenolic OH excluding ortho intramolecular Hbond substituents is 1. The third kappa shape index (κ3) is 2.27. The van der Waals surface area contributed by atoms with Gasteiger partial charge in [0.25, 0.3) is 0 Å². The van der Waals surface area contributed by atoms with Gasteiger partial charge in [0.1, 0.15) is 11.6 Å². The Morgan fingerprint density at radius 2 is 1.79 bits per heavy atom. The van der Waals surface area contributed by atoms with Crippen LogP contribution in [0.3, 0.4) is 0 Å². The average Bonchev–Trinajstić information content (AvgIpc) is 2.37. The van der Waals surface area contributed by atoms with Crippen LogP contribution in [0.25, 0.3) is 22.0 Å². The van der Waals surface area contributed by atoms with Crippen LogP contribution in [0.4, 0.5) is 4.39 Å². The summed E-state index contributed by atoms with van der Waals surface area (Å²) in [5.41, 5.74) is 3.38. The number of benzene rings is 2. The summed E-state index contributed by atoms with van der Waals surface area (Å²) < 4.78 is 13.3. The maximum Gasteiger partial charge on any atom is 0.127 e. The van der Waals surface area contributed by atoms with Crippen LogP contribution in [0, 0.1) is 12.7 Å². The van der Waals surface area contributed by atoms with Gasteiger partial charge in [-0.1, -0.05) is 12.1 Å². The lowest BCUT2D eigenvalue weighted by atomic mass is 10.0. The minimum Gasteiger partial charge on any atom is -0.508 e. The predicted molar refractivity (Wildman–Crippen MR) is 73.5 cm³/mol. The average molecular weight is 253 g/mol. The molecule has 94 valence electrons. The van der Waals surface area contributed by atoms with E-state index in [2.05, 4.69) is 4.98 Å². The number of rotatable bonds is 1. The summed E-state index contributed by atoms with van der Waals surface area (Å²) in [5, 5.41) is 10.4. The van der Waals surface area contributed by atoms with E-state index < -0.39 is 5.82 Å². The number of aryl methyl sites for hydroxylation is 1. The third-order valence-corrected chi connectivity index (χ3v) is 3.04. The van der Waals surface area contributed by atoms with Crippen molar-refractivity contribution in [3.8, 4) is 16.9 Å². The topological polar surface area (TPSA) is 33.1 Å². The fourth-order valence-electron chi connectivity index (χ4n) is 2.15. The Hall–Kier alpha value is -2.42. The molecule has 0 bridgehead atoms. The van der Waals surface area contributed by atoms with Crippen LogP contribution in [-0.2, 0) is 0 Å². The first-order valence-corrected chi connectivity index (χ1v) is 5.99. The van der Waals surface area contributed by atoms with E-state index >= 15 is 0 Å². The number of fused-ring (bicyclic) bond motifs is 1. The van der Waals surface area contributed by atoms with E-state index in [1.54, 1.807) is 6.07 Å². The molecule has 0 amide bonds. The normalized spacial score (nSPS) is 10.8. The lowest BCUT2D eigenvalue weighted by Crippen LogP contribution is -1.85. The van der Waals surface area contributed by atoms with Crippen molar-refractivity contribution in [2.24, 2.45) is 0 Å². The highest BCUT2D eigenvalue weighted by Crippen LogP contribution is 2.27. The molecular weight excluding hydrogens is 241 g/mol. The molecule has 0 saturated carbocycles. The van der Waals surface area contributed by atoms with Crippen molar-refractivity contribution in [3.05, 3.63) is 60.0 Å². The molecule has 1 heterocycles. The molecule has 1 aromatic heterocycles. The van der Waals surface area contributed by atoms with E-state index in [0.717, 1.165) is 28.2 Å². The summed E-state index contributed by atoms with van der Waals surface area (Å²) in [6, 6.07) is 13.7. The molecule has 0 atom stereocenters. The fourth-order valence-corrected chi connectivity index (χ4v) is 2.15. The number of hydrogen-bond acceptors (Lipinski definition) is 2. The molecule has 3 aromatic rings. The second-order valence-corrected chi connectivity index (χ2v) is 4.56. The maximum absolute atomic E-state index is 13.3. The van der Waals surface area contributed by atoms with Gasteiger partial charge in [0, 0.05) is 17.1 Å². The molecule has 0 spiro atoms. The molecule has 0 aliphatic carbocycles. The third-order valence-electron chi connectivity index (χ3n) is 3.04. The summed E-state index contributed by atoms with van der Waals surface area (Å²) in [6.07, 6.45) is 0. The monoisotopic (exact) mass is 253 g/mol. The first-order valence-electron chi connectivity index (χ1n) is 5.99. The van der Waals surface area contributed by atoms with Gasteiger partial charge < -0.3 is 5.11 Å². The van der Waals surface area contributed by atoms with Crippen molar-refractivity contribution in [2.75, 3.05) is 0 Å². The Morgan fingerprint density at radius 1 is 0.947 bits per heavy atom. The fraction of sp³-hybridized carbons (Fsp3) is 0.0625. The van der Waals surface area contributed by atoms with Crippen molar-refractivity contribution in [1.29, 1.82) is 0 Å². The molecule has 1 N–H and O–H groups in total. The summed E-state index contributed by atoms with van der Waals surface area (Å²) in [7, 11) is 0. The van der Waals surface area contributed by atoms with Crippen molar-refractivity contribution in [2.45, 2.75) is 6.92 Å². The highest BCUT2D eigenvalue weighted by molar-refractivity contribution is 5.84. The van der Waals surface area contributed by atoms with Gasteiger partial charge in [0.2, 0.25) is 0 Å². The molecule has 0 aliphatic rings. The largest absolute Gasteiger partial charge is 0.508 e. The lowest BCUT2D eigenvalue weighted by molar-refractivity contribution is 0.469. The summed E-state index contributed by atoms with van der Waals surface area (Å²) in [5.74, 6) is -0.519. The van der Waals surface area contributed by atoms with Gasteiger partial charge in [-0.25, -0.2) is 4.39 Å². The molecule has 0 fully saturated rings. The molecule has 3 heteroatoms. The van der Waals surface area contributed by atoms with E-state index in [4.69, 9.17) is 0 Å². The molecule has 2 aromatic carbocycles. The minimum absolute atomic E-state index is 0.0721. The molecule has 3 rings (SSSR count). The van der Waals surface area contributed by atoms with Gasteiger partial charge in [0.05, 0.1) is 5.52 Å². The van der Waals surface area contributed by atoms with Gasteiger partial charge in [-0.15, -0.1) is 0 Å². The molecule has 0 saturated heterocycles. The zero-order valence-electron chi connectivity index (χ0n) is 10.4. The molecule has 2 nitrogen and oxygen atoms in total. The Balaban J connectivity index is 2.17. The second-order valence-electron chi connectivity index (χ2n) is 4.56. The van der Waals surface area contributed by atoms with Crippen molar-refractivity contribution in [3.63, 3.8) is 0 Å². The van der Waals surface area contributed by atoms with Gasteiger partial charge in [-0.2, -0.15) is 0 Å². The Labute approximate surface area is 110 Å². The first kappa shape index (κ1) is 11.7. The van der Waals surface area contributed by atoms with Crippen molar-refractivity contribution in [1.82, 2.24) is 4.98 Å². The predicted octanol–water partition coefficient (Wildman–Crippen LogP) is 4.05. The second kappa shape index (κ2) is 4.35. The molecular formula is C16H12FNO. The summed E-state index contributed by atoms with van der Waals surface area (Å²) >= 11 is 0. The maximum atomic E-state index is 13.3. The number of halogens is 1. The standard InChI is InChI=1S/C16H12FNO/c1-10-2-3-12-6-11(4-5-16(12)18-10)13-7-14(17)9-15(19)8-13/h2-9,19H,1H3. The van der Waals surface area contributed by atoms with Crippen LogP contribution in [0.1, 0.15) is 5.69 Å². The molecule has 0 unspecified atom stereocenters. The smallest absolute Gasteiger partial charge is 0.127 e. The first-order chi connectivity index (χ1) is 9.11. The van der Waals surface area contributed by atoms with Gasteiger partial charge in [-0.3, -0.25) is 4.98 Å². The highest BCUT2D eigenvalue weighted by atomic mass is 19.1. The van der Waals surface area contributed by atoms with Crippen LogP contribution < -0.4 is 0 Å². The van der Waals surface area contributed by atoms with Crippen LogP contribution in [0.15, 0.2) is 48.5 Å². The number of pyridine rings is 1. The van der Waals surface area contributed by atoms with E-state index in [9.17, 15) is 9.50 Å². The Bertz CT molecular complexity index is 748. The summed E-state index contributed by atoms with van der Waals surface area (Å²) in [4.78, 5) is 4.42. The summed E-state index contributed by atoms with van der Waals surface area (Å²) in [6.45, 7) is 1.94. The van der Waals surface area contributed by atoms with Gasteiger partial charge in [-0.05, 0) is 48.4 Å². The number of aromatic hydroxyl groups is 1. The zero-order chi connectivity index (χ0) is 13.4. The molecule has 0 aliphatic heterocycles. The quantitative estimate of drug-likeness (QED) is 0.709. The number of phenols is 1. The van der Waals surface area contributed by atoms with Crippen LogP contribution >= 0.6 is 0 Å². The highest BCUT2D eigenvalue weighted by Gasteiger charge is 2.04. The van der Waals surface area contributed by atoms with E-state index in [1.807, 2.05) is 37.3 Å². The number of aromatic nitrogens is 1. The van der Waals surface area contributed by atoms with E-state index in [-0.39, 0.29) is 5.75 Å². The van der Waals surface area contributed by atoms with Crippen LogP contribution in [0.5, 0.6) is 5.75 Å². The van der Waals surface area contributed by atoms with Crippen LogP contribution in [0.2, 0.25) is 0 Å². The minimum atomic E-state index is -0.447. The lowest BCUT2D eigenvalue weighted by Gasteiger charge is -2.05. The SMILES string of the molecule is Cc1ccc2cc(-c3cc(O)cc(F)c3)ccc2n1.